The standard InChI is InChI=1S/C23H22N6O/c30-23(27-18-9-3-1-4-10-18)17-8-7-13-28(15-17)21-20-14-26-29(22(20)25-16-24-21)19-11-5-2-6-12-19/h1-6,9-12,14,16-17H,7-8,13,15H2,(H,27,30). The van der Waals surface area contributed by atoms with Gasteiger partial charge in [-0.1, -0.05) is 36.4 Å². The Morgan fingerprint density at radius 1 is 1.00 bits per heavy atom. The highest BCUT2D eigenvalue weighted by Crippen LogP contribution is 2.29. The van der Waals surface area contributed by atoms with Gasteiger partial charge >= 0.3 is 0 Å². The molecule has 0 saturated carbocycles. The largest absolute Gasteiger partial charge is 0.355 e. The summed E-state index contributed by atoms with van der Waals surface area (Å²) >= 11 is 0. The van der Waals surface area contributed by atoms with Crippen LogP contribution < -0.4 is 10.2 Å². The zero-order valence-corrected chi connectivity index (χ0v) is 16.5. The van der Waals surface area contributed by atoms with Gasteiger partial charge in [-0.2, -0.15) is 5.10 Å². The minimum absolute atomic E-state index is 0.0520. The summed E-state index contributed by atoms with van der Waals surface area (Å²) < 4.78 is 1.82. The number of hydrogen-bond donors (Lipinski definition) is 1. The summed E-state index contributed by atoms with van der Waals surface area (Å²) in [5, 5.41) is 8.46. The van der Waals surface area contributed by atoms with Gasteiger partial charge in [-0.3, -0.25) is 4.79 Å². The molecule has 0 radical (unpaired) electrons. The van der Waals surface area contributed by atoms with Crippen LogP contribution in [-0.4, -0.2) is 38.7 Å². The summed E-state index contributed by atoms with van der Waals surface area (Å²) in [6.07, 6.45) is 5.19. The number of fused-ring (bicyclic) bond motifs is 1. The molecule has 7 heteroatoms. The van der Waals surface area contributed by atoms with Gasteiger partial charge in [0.15, 0.2) is 5.65 Å². The van der Waals surface area contributed by atoms with E-state index < -0.39 is 0 Å². The van der Waals surface area contributed by atoms with E-state index in [4.69, 9.17) is 0 Å². The van der Waals surface area contributed by atoms with Gasteiger partial charge < -0.3 is 10.2 Å². The van der Waals surface area contributed by atoms with E-state index in [2.05, 4.69) is 25.3 Å². The van der Waals surface area contributed by atoms with Crippen molar-refractivity contribution in [1.82, 2.24) is 19.7 Å². The van der Waals surface area contributed by atoms with Crippen LogP contribution in [0.5, 0.6) is 0 Å². The zero-order chi connectivity index (χ0) is 20.3. The highest BCUT2D eigenvalue weighted by atomic mass is 16.1. The molecule has 150 valence electrons. The first-order valence-corrected chi connectivity index (χ1v) is 10.1. The van der Waals surface area contributed by atoms with Crippen molar-refractivity contribution >= 4 is 28.4 Å². The first kappa shape index (κ1) is 18.3. The number of carbonyl (C=O) groups excluding carboxylic acids is 1. The van der Waals surface area contributed by atoms with E-state index in [1.807, 2.05) is 71.5 Å². The van der Waals surface area contributed by atoms with Crippen LogP contribution >= 0.6 is 0 Å². The van der Waals surface area contributed by atoms with Gasteiger partial charge in [0.05, 0.1) is 23.2 Å². The molecule has 1 unspecified atom stereocenters. The molecule has 5 rings (SSSR count). The number of nitrogens with zero attached hydrogens (tertiary/aromatic N) is 5. The van der Waals surface area contributed by atoms with E-state index >= 15 is 0 Å². The number of amides is 1. The first-order valence-electron chi connectivity index (χ1n) is 10.1. The molecule has 3 heterocycles. The van der Waals surface area contributed by atoms with Crippen molar-refractivity contribution in [2.45, 2.75) is 12.8 Å². The molecule has 2 aromatic heterocycles. The normalized spacial score (nSPS) is 16.5. The Morgan fingerprint density at radius 2 is 1.77 bits per heavy atom. The molecule has 1 atom stereocenters. The minimum atomic E-state index is -0.0897. The molecule has 0 bridgehead atoms. The monoisotopic (exact) mass is 398 g/mol. The fourth-order valence-electron chi connectivity index (χ4n) is 3.99. The smallest absolute Gasteiger partial charge is 0.229 e. The van der Waals surface area contributed by atoms with Crippen LogP contribution in [0, 0.1) is 5.92 Å². The molecule has 30 heavy (non-hydrogen) atoms. The number of aromatic nitrogens is 4. The highest BCUT2D eigenvalue weighted by Gasteiger charge is 2.28. The van der Waals surface area contributed by atoms with Crippen LogP contribution in [0.15, 0.2) is 73.2 Å². The fourth-order valence-corrected chi connectivity index (χ4v) is 3.99. The molecule has 1 aliphatic heterocycles. The SMILES string of the molecule is O=C(Nc1ccccc1)C1CCCN(c2ncnc3c2cnn3-c2ccccc2)C1. The second-order valence-corrected chi connectivity index (χ2v) is 7.47. The summed E-state index contributed by atoms with van der Waals surface area (Å²) in [6.45, 7) is 1.49. The Kier molecular flexibility index (Phi) is 4.85. The van der Waals surface area contributed by atoms with Gasteiger partial charge in [0.2, 0.25) is 5.91 Å². The van der Waals surface area contributed by atoms with E-state index in [0.717, 1.165) is 47.6 Å². The molecule has 7 nitrogen and oxygen atoms in total. The number of rotatable bonds is 4. The Hall–Kier alpha value is -3.74. The topological polar surface area (TPSA) is 75.9 Å². The Labute approximate surface area is 174 Å². The third kappa shape index (κ3) is 3.50. The highest BCUT2D eigenvalue weighted by molar-refractivity contribution is 5.93. The second-order valence-electron chi connectivity index (χ2n) is 7.47. The molecule has 2 aromatic carbocycles. The molecular weight excluding hydrogens is 376 g/mol. The van der Waals surface area contributed by atoms with Crippen LogP contribution in [0.3, 0.4) is 0 Å². The van der Waals surface area contributed by atoms with Crippen molar-refractivity contribution in [2.24, 2.45) is 5.92 Å². The van der Waals surface area contributed by atoms with Crippen molar-refractivity contribution in [3.8, 4) is 5.69 Å². The Balaban J connectivity index is 1.40. The van der Waals surface area contributed by atoms with Crippen LogP contribution in [0.2, 0.25) is 0 Å². The van der Waals surface area contributed by atoms with Gasteiger partial charge in [0.1, 0.15) is 12.1 Å². The molecular formula is C23H22N6O. The number of hydrogen-bond acceptors (Lipinski definition) is 5. The second kappa shape index (κ2) is 7.94. The molecule has 0 spiro atoms. The van der Waals surface area contributed by atoms with E-state index in [1.54, 1.807) is 6.33 Å². The number of para-hydroxylation sites is 2. The lowest BCUT2D eigenvalue weighted by molar-refractivity contribution is -0.120. The van der Waals surface area contributed by atoms with Crippen molar-refractivity contribution in [1.29, 1.82) is 0 Å². The molecule has 1 saturated heterocycles. The van der Waals surface area contributed by atoms with E-state index in [0.29, 0.717) is 6.54 Å². The number of nitrogens with one attached hydrogen (secondary N) is 1. The number of piperidine rings is 1. The summed E-state index contributed by atoms with van der Waals surface area (Å²) in [5.74, 6) is 0.795. The lowest BCUT2D eigenvalue weighted by Gasteiger charge is -2.33. The van der Waals surface area contributed by atoms with Crippen LogP contribution in [0.4, 0.5) is 11.5 Å². The maximum Gasteiger partial charge on any atom is 0.229 e. The third-order valence-electron chi connectivity index (χ3n) is 5.48. The first-order chi connectivity index (χ1) is 14.8. The van der Waals surface area contributed by atoms with Gasteiger partial charge in [-0.15, -0.1) is 0 Å². The van der Waals surface area contributed by atoms with Crippen LogP contribution in [-0.2, 0) is 4.79 Å². The maximum absolute atomic E-state index is 12.8. The molecule has 1 aliphatic rings. The number of carbonyl (C=O) groups is 1. The maximum atomic E-state index is 12.8. The predicted octanol–water partition coefficient (Wildman–Crippen LogP) is 3.67. The molecule has 1 fully saturated rings. The lowest BCUT2D eigenvalue weighted by atomic mass is 9.97. The third-order valence-corrected chi connectivity index (χ3v) is 5.48. The Bertz CT molecular complexity index is 1160. The summed E-state index contributed by atoms with van der Waals surface area (Å²) in [7, 11) is 0. The Morgan fingerprint density at radius 3 is 2.57 bits per heavy atom. The number of anilines is 2. The van der Waals surface area contributed by atoms with Gasteiger partial charge in [0.25, 0.3) is 0 Å². The van der Waals surface area contributed by atoms with Crippen molar-refractivity contribution in [3.63, 3.8) is 0 Å². The average molecular weight is 398 g/mol. The molecule has 4 aromatic rings. The van der Waals surface area contributed by atoms with E-state index in [9.17, 15) is 4.79 Å². The summed E-state index contributed by atoms with van der Waals surface area (Å²) in [5.41, 5.74) is 2.55. The quantitative estimate of drug-likeness (QED) is 0.568. The lowest BCUT2D eigenvalue weighted by Crippen LogP contribution is -2.41. The van der Waals surface area contributed by atoms with Gasteiger partial charge in [0, 0.05) is 18.8 Å². The molecule has 1 amide bonds. The fraction of sp³-hybridized carbons (Fsp3) is 0.217. The predicted molar refractivity (Wildman–Crippen MR) is 117 cm³/mol. The van der Waals surface area contributed by atoms with Crippen molar-refractivity contribution < 1.29 is 4.79 Å². The van der Waals surface area contributed by atoms with Crippen molar-refractivity contribution in [3.05, 3.63) is 73.2 Å². The van der Waals surface area contributed by atoms with Crippen LogP contribution in [0.25, 0.3) is 16.7 Å². The average Bonchev–Trinajstić information content (AvgIpc) is 3.25. The summed E-state index contributed by atoms with van der Waals surface area (Å²) in [4.78, 5) is 24.0. The molecule has 1 N–H and O–H groups in total. The number of benzene rings is 2. The van der Waals surface area contributed by atoms with E-state index in [-0.39, 0.29) is 11.8 Å². The minimum Gasteiger partial charge on any atom is -0.355 e. The van der Waals surface area contributed by atoms with E-state index in [1.165, 1.54) is 0 Å². The zero-order valence-electron chi connectivity index (χ0n) is 16.5. The molecule has 0 aliphatic carbocycles. The van der Waals surface area contributed by atoms with Crippen LogP contribution in [0.1, 0.15) is 12.8 Å². The summed E-state index contributed by atoms with van der Waals surface area (Å²) in [6, 6.07) is 19.5. The van der Waals surface area contributed by atoms with Gasteiger partial charge in [-0.05, 0) is 37.1 Å². The van der Waals surface area contributed by atoms with Gasteiger partial charge in [-0.25, -0.2) is 14.6 Å². The van der Waals surface area contributed by atoms with Crippen molar-refractivity contribution in [2.75, 3.05) is 23.3 Å².